The Morgan fingerprint density at radius 1 is 1.18 bits per heavy atom. The smallest absolute Gasteiger partial charge is 0.390 e. The number of benzene rings is 2. The molecule has 214 valence electrons. The second-order valence-corrected chi connectivity index (χ2v) is 9.79. The number of aliphatic imine (C=N–C) groups is 1. The topological polar surface area (TPSA) is 113 Å². The highest BCUT2D eigenvalue weighted by molar-refractivity contribution is 6.30. The summed E-state index contributed by atoms with van der Waals surface area (Å²) in [5.74, 6) is -1.76. The van der Waals surface area contributed by atoms with Crippen LogP contribution < -0.4 is 11.1 Å². The van der Waals surface area contributed by atoms with Gasteiger partial charge in [-0.2, -0.15) is 13.2 Å². The Kier molecular flexibility index (Phi) is 9.12. The summed E-state index contributed by atoms with van der Waals surface area (Å²) in [4.78, 5) is 18.3. The van der Waals surface area contributed by atoms with Crippen molar-refractivity contribution < 1.29 is 31.8 Å². The first-order chi connectivity index (χ1) is 18.9. The number of carbonyl (C=O) groups is 1. The molecule has 40 heavy (non-hydrogen) atoms. The van der Waals surface area contributed by atoms with E-state index >= 15 is 0 Å². The minimum absolute atomic E-state index is 0.215. The summed E-state index contributed by atoms with van der Waals surface area (Å²) in [5.41, 5.74) is 8.26. The lowest BCUT2D eigenvalue weighted by Crippen LogP contribution is -2.46. The number of nitrogens with zero attached hydrogens (tertiary/aromatic N) is 2. The zero-order valence-corrected chi connectivity index (χ0v) is 22.1. The second-order valence-electron chi connectivity index (χ2n) is 9.36. The first-order valence-corrected chi connectivity index (χ1v) is 12.9. The maximum absolute atomic E-state index is 13.8. The number of carbonyl (C=O) groups excluding carboxylic acids is 1. The monoisotopic (exact) mass is 581 g/mol. The number of hydrogen-bond donors (Lipinski definition) is 3. The lowest BCUT2D eigenvalue weighted by Gasteiger charge is -2.34. The van der Waals surface area contributed by atoms with Gasteiger partial charge in [-0.05, 0) is 54.5 Å². The molecule has 2 aromatic rings. The average Bonchev–Trinajstić information content (AvgIpc) is 3.34. The molecule has 2 fully saturated rings. The SMILES string of the molecule is N=C(c1ccc(Cl)cc1)N(CCC(F)(F)F)C(=O)NC/C(N)=C1\CCC2(CC1=Nc1cccc(F)c1)OCCO2. The molecule has 0 atom stereocenters. The van der Waals surface area contributed by atoms with Crippen molar-refractivity contribution in [1.82, 2.24) is 10.2 Å². The van der Waals surface area contributed by atoms with Crippen molar-refractivity contribution >= 4 is 34.9 Å². The standard InChI is InChI=1S/C27H28ClF4N5O3/c28-18-6-4-17(5-7-18)24(34)37(11-10-27(30,31)32)25(38)35-16-22(33)21-8-9-26(39-12-13-40-26)15-23(21)36-20-3-1-2-19(29)14-20/h1-7,14,34H,8-13,15-16,33H2,(H,35,38)/b22-21-,34-24?,36-23?. The lowest BCUT2D eigenvalue weighted by atomic mass is 9.86. The molecular weight excluding hydrogens is 554 g/mol. The van der Waals surface area contributed by atoms with Crippen LogP contribution in [0.3, 0.4) is 0 Å². The van der Waals surface area contributed by atoms with Crippen LogP contribution in [0, 0.1) is 11.2 Å². The van der Waals surface area contributed by atoms with Gasteiger partial charge in [0.1, 0.15) is 11.7 Å². The maximum atomic E-state index is 13.8. The molecule has 8 nitrogen and oxygen atoms in total. The maximum Gasteiger partial charge on any atom is 0.390 e. The minimum Gasteiger partial charge on any atom is -0.400 e. The van der Waals surface area contributed by atoms with Crippen molar-refractivity contribution in [1.29, 1.82) is 5.41 Å². The number of allylic oxidation sites excluding steroid dienone is 1. The van der Waals surface area contributed by atoms with Crippen LogP contribution in [-0.2, 0) is 9.47 Å². The van der Waals surface area contributed by atoms with E-state index in [1.165, 1.54) is 42.5 Å². The van der Waals surface area contributed by atoms with Crippen LogP contribution in [0.2, 0.25) is 5.02 Å². The van der Waals surface area contributed by atoms with Crippen LogP contribution in [-0.4, -0.2) is 60.7 Å². The Bertz CT molecular complexity index is 1310. The Balaban J connectivity index is 1.55. The van der Waals surface area contributed by atoms with E-state index in [4.69, 9.17) is 32.2 Å². The molecule has 0 aromatic heterocycles. The molecule has 0 bridgehead atoms. The summed E-state index contributed by atoms with van der Waals surface area (Å²) in [6, 6.07) is 10.6. The molecule has 1 heterocycles. The quantitative estimate of drug-likeness (QED) is 0.231. The van der Waals surface area contributed by atoms with Crippen LogP contribution >= 0.6 is 11.6 Å². The van der Waals surface area contributed by atoms with E-state index in [1.807, 2.05) is 0 Å². The summed E-state index contributed by atoms with van der Waals surface area (Å²) >= 11 is 5.87. The molecule has 4 N–H and O–H groups in total. The van der Waals surface area contributed by atoms with Gasteiger partial charge >= 0.3 is 12.2 Å². The van der Waals surface area contributed by atoms with Gasteiger partial charge in [-0.3, -0.25) is 15.3 Å². The molecule has 2 amide bonds. The summed E-state index contributed by atoms with van der Waals surface area (Å²) in [6.45, 7) is -0.144. The molecule has 13 heteroatoms. The molecular formula is C27H28ClF4N5O3. The highest BCUT2D eigenvalue weighted by Crippen LogP contribution is 2.38. The number of amides is 2. The van der Waals surface area contributed by atoms with Crippen LogP contribution in [0.15, 0.2) is 64.8 Å². The molecule has 0 unspecified atom stereocenters. The fourth-order valence-electron chi connectivity index (χ4n) is 4.50. The number of ether oxygens (including phenoxy) is 2. The van der Waals surface area contributed by atoms with Crippen molar-refractivity contribution in [2.45, 2.75) is 37.6 Å². The van der Waals surface area contributed by atoms with E-state index in [1.54, 1.807) is 6.07 Å². The van der Waals surface area contributed by atoms with E-state index < -0.39 is 42.6 Å². The third kappa shape index (κ3) is 7.58. The first-order valence-electron chi connectivity index (χ1n) is 12.5. The molecule has 1 saturated heterocycles. The van der Waals surface area contributed by atoms with Gasteiger partial charge in [-0.1, -0.05) is 17.7 Å². The molecule has 1 aliphatic carbocycles. The van der Waals surface area contributed by atoms with E-state index in [-0.39, 0.29) is 24.2 Å². The van der Waals surface area contributed by atoms with E-state index in [9.17, 15) is 22.4 Å². The second kappa shape index (κ2) is 12.4. The van der Waals surface area contributed by atoms with Crippen molar-refractivity contribution in [3.63, 3.8) is 0 Å². The Labute approximate surface area is 233 Å². The van der Waals surface area contributed by atoms with E-state index in [0.29, 0.717) is 53.0 Å². The zero-order chi connectivity index (χ0) is 28.9. The minimum atomic E-state index is -4.54. The average molecular weight is 582 g/mol. The number of nitrogens with two attached hydrogens (primary N) is 1. The summed E-state index contributed by atoms with van der Waals surface area (Å²) < 4.78 is 64.4. The van der Waals surface area contributed by atoms with Crippen LogP contribution in [0.1, 0.15) is 31.2 Å². The zero-order valence-electron chi connectivity index (χ0n) is 21.4. The van der Waals surface area contributed by atoms with Gasteiger partial charge in [0.15, 0.2) is 5.79 Å². The van der Waals surface area contributed by atoms with Crippen molar-refractivity contribution in [2.75, 3.05) is 26.3 Å². The van der Waals surface area contributed by atoms with Crippen LogP contribution in [0.4, 0.5) is 28.0 Å². The number of hydrogen-bond acceptors (Lipinski definition) is 6. The molecule has 1 saturated carbocycles. The number of nitrogens with one attached hydrogen (secondary N) is 2. The van der Waals surface area contributed by atoms with E-state index in [0.717, 1.165) is 0 Å². The van der Waals surface area contributed by atoms with Gasteiger partial charge in [0.05, 0.1) is 37.6 Å². The van der Waals surface area contributed by atoms with Crippen LogP contribution in [0.25, 0.3) is 0 Å². The van der Waals surface area contributed by atoms with Gasteiger partial charge in [0.25, 0.3) is 0 Å². The Hall–Kier alpha value is -3.48. The van der Waals surface area contributed by atoms with Gasteiger partial charge in [0.2, 0.25) is 0 Å². The fraction of sp³-hybridized carbons (Fsp3) is 0.370. The van der Waals surface area contributed by atoms with Gasteiger partial charge in [-0.25, -0.2) is 9.18 Å². The number of alkyl halides is 3. The van der Waals surface area contributed by atoms with E-state index in [2.05, 4.69) is 10.3 Å². The molecule has 0 radical (unpaired) electrons. The Morgan fingerprint density at radius 2 is 1.88 bits per heavy atom. The normalized spacial score (nSPS) is 19.1. The van der Waals surface area contributed by atoms with Crippen molar-refractivity contribution in [3.8, 4) is 0 Å². The molecule has 1 aliphatic heterocycles. The van der Waals surface area contributed by atoms with Crippen molar-refractivity contribution in [2.24, 2.45) is 10.7 Å². The Morgan fingerprint density at radius 3 is 2.52 bits per heavy atom. The fourth-order valence-corrected chi connectivity index (χ4v) is 4.62. The third-order valence-electron chi connectivity index (χ3n) is 6.50. The number of amidine groups is 1. The first kappa shape index (κ1) is 29.5. The highest BCUT2D eigenvalue weighted by Gasteiger charge is 2.42. The number of rotatable bonds is 6. The van der Waals surface area contributed by atoms with Gasteiger partial charge in [0, 0.05) is 35.7 Å². The number of halogens is 5. The van der Waals surface area contributed by atoms with Crippen LogP contribution in [0.5, 0.6) is 0 Å². The molecule has 1 spiro atoms. The largest absolute Gasteiger partial charge is 0.400 e. The lowest BCUT2D eigenvalue weighted by molar-refractivity contribution is -0.157. The predicted molar refractivity (Wildman–Crippen MR) is 142 cm³/mol. The van der Waals surface area contributed by atoms with Gasteiger partial charge < -0.3 is 20.5 Å². The predicted octanol–water partition coefficient (Wildman–Crippen LogP) is 5.68. The molecule has 4 rings (SSSR count). The summed E-state index contributed by atoms with van der Waals surface area (Å²) in [7, 11) is 0. The third-order valence-corrected chi connectivity index (χ3v) is 6.75. The van der Waals surface area contributed by atoms with Gasteiger partial charge in [-0.15, -0.1) is 0 Å². The summed E-state index contributed by atoms with van der Waals surface area (Å²) in [6.07, 6.45) is -4.75. The molecule has 2 aliphatic rings. The van der Waals surface area contributed by atoms with Crippen molar-refractivity contribution in [3.05, 3.63) is 76.2 Å². The summed E-state index contributed by atoms with van der Waals surface area (Å²) in [5, 5.41) is 11.3. The highest BCUT2D eigenvalue weighted by atomic mass is 35.5. The number of urea groups is 1. The molecule has 2 aromatic carbocycles.